The third-order valence-electron chi connectivity index (χ3n) is 2.96. The lowest BCUT2D eigenvalue weighted by molar-refractivity contribution is 0.281. The Morgan fingerprint density at radius 2 is 2.21 bits per heavy atom. The van der Waals surface area contributed by atoms with Crippen LogP contribution in [0.2, 0.25) is 5.15 Å². The molecule has 2 N–H and O–H groups in total. The zero-order valence-electron chi connectivity index (χ0n) is 10.7. The number of halogens is 2. The van der Waals surface area contributed by atoms with Gasteiger partial charge >= 0.3 is 0 Å². The first-order valence-electron chi connectivity index (χ1n) is 5.84. The highest BCUT2D eigenvalue weighted by Gasteiger charge is 2.10. The molecule has 2 rings (SSSR count). The first-order valence-corrected chi connectivity index (χ1v) is 7.01. The number of aliphatic hydroxyl groups is 1. The van der Waals surface area contributed by atoms with E-state index in [1.807, 2.05) is 32.2 Å². The van der Waals surface area contributed by atoms with Gasteiger partial charge in [0.15, 0.2) is 0 Å². The minimum Gasteiger partial charge on any atom is -0.392 e. The first kappa shape index (κ1) is 14.4. The Bertz CT molecular complexity index is 598. The zero-order valence-corrected chi connectivity index (χ0v) is 13.1. The standard InChI is InChI=1S/C13H15BrClN3O/c1-8-11(13(15)18(2)17-8)6-16-10-3-4-12(14)9(5-10)7-19/h3-5,16,19H,6-7H2,1-2H3. The van der Waals surface area contributed by atoms with Crippen LogP contribution in [0.25, 0.3) is 0 Å². The van der Waals surface area contributed by atoms with Gasteiger partial charge in [0.1, 0.15) is 5.15 Å². The molecule has 0 saturated carbocycles. The lowest BCUT2D eigenvalue weighted by atomic mass is 10.2. The van der Waals surface area contributed by atoms with Crippen molar-refractivity contribution in [3.8, 4) is 0 Å². The molecule has 1 heterocycles. The van der Waals surface area contributed by atoms with Gasteiger partial charge in [0.05, 0.1) is 12.3 Å². The van der Waals surface area contributed by atoms with Crippen molar-refractivity contribution in [1.82, 2.24) is 9.78 Å². The van der Waals surface area contributed by atoms with Gasteiger partial charge in [0.2, 0.25) is 0 Å². The average Bonchev–Trinajstić information content (AvgIpc) is 2.63. The molecule has 0 amide bonds. The Morgan fingerprint density at radius 3 is 2.79 bits per heavy atom. The number of aromatic nitrogens is 2. The molecule has 4 nitrogen and oxygen atoms in total. The Hall–Kier alpha value is -1.04. The second kappa shape index (κ2) is 5.94. The average molecular weight is 345 g/mol. The Kier molecular flexibility index (Phi) is 4.50. The minimum atomic E-state index is 0.00276. The number of anilines is 1. The van der Waals surface area contributed by atoms with Crippen molar-refractivity contribution < 1.29 is 5.11 Å². The molecule has 0 aliphatic carbocycles. The second-order valence-electron chi connectivity index (χ2n) is 4.30. The molecule has 1 aromatic heterocycles. The van der Waals surface area contributed by atoms with Gasteiger partial charge in [-0.1, -0.05) is 27.5 Å². The highest BCUT2D eigenvalue weighted by atomic mass is 79.9. The molecule has 2 aromatic rings. The van der Waals surface area contributed by atoms with Gasteiger partial charge in [0, 0.05) is 29.3 Å². The van der Waals surface area contributed by atoms with Crippen LogP contribution in [-0.2, 0) is 20.2 Å². The fourth-order valence-corrected chi connectivity index (χ4v) is 2.48. The summed E-state index contributed by atoms with van der Waals surface area (Å²) < 4.78 is 2.56. The number of rotatable bonds is 4. The van der Waals surface area contributed by atoms with Crippen molar-refractivity contribution in [2.24, 2.45) is 7.05 Å². The van der Waals surface area contributed by atoms with E-state index >= 15 is 0 Å². The summed E-state index contributed by atoms with van der Waals surface area (Å²) in [4.78, 5) is 0. The molecule has 0 radical (unpaired) electrons. The van der Waals surface area contributed by atoms with Gasteiger partial charge in [0.25, 0.3) is 0 Å². The predicted molar refractivity (Wildman–Crippen MR) is 80.3 cm³/mol. The maximum atomic E-state index is 9.23. The zero-order chi connectivity index (χ0) is 14.0. The Labute approximate surface area is 125 Å². The van der Waals surface area contributed by atoms with E-state index in [-0.39, 0.29) is 6.61 Å². The summed E-state index contributed by atoms with van der Waals surface area (Å²) in [6, 6.07) is 5.76. The first-order chi connectivity index (χ1) is 9.02. The SMILES string of the molecule is Cc1nn(C)c(Cl)c1CNc1ccc(Br)c(CO)c1. The third-order valence-corrected chi connectivity index (χ3v) is 4.20. The fourth-order valence-electron chi connectivity index (χ4n) is 1.87. The van der Waals surface area contributed by atoms with Crippen molar-refractivity contribution in [3.05, 3.63) is 44.6 Å². The molecule has 0 spiro atoms. The monoisotopic (exact) mass is 343 g/mol. The lowest BCUT2D eigenvalue weighted by Crippen LogP contribution is -2.01. The fraction of sp³-hybridized carbons (Fsp3) is 0.308. The van der Waals surface area contributed by atoms with Crippen LogP contribution in [0.4, 0.5) is 5.69 Å². The molecule has 0 bridgehead atoms. The molecular formula is C13H15BrClN3O. The van der Waals surface area contributed by atoms with Crippen LogP contribution in [0.3, 0.4) is 0 Å². The maximum Gasteiger partial charge on any atom is 0.131 e. The van der Waals surface area contributed by atoms with Crippen LogP contribution in [0.1, 0.15) is 16.8 Å². The van der Waals surface area contributed by atoms with Crippen molar-refractivity contribution in [3.63, 3.8) is 0 Å². The molecule has 0 saturated heterocycles. The molecule has 0 fully saturated rings. The van der Waals surface area contributed by atoms with Crippen LogP contribution in [0, 0.1) is 6.92 Å². The second-order valence-corrected chi connectivity index (χ2v) is 5.51. The molecule has 0 aliphatic heterocycles. The smallest absolute Gasteiger partial charge is 0.131 e. The normalized spacial score (nSPS) is 10.8. The summed E-state index contributed by atoms with van der Waals surface area (Å²) in [5.41, 5.74) is 3.68. The van der Waals surface area contributed by atoms with Crippen molar-refractivity contribution in [2.45, 2.75) is 20.1 Å². The van der Waals surface area contributed by atoms with Crippen molar-refractivity contribution in [1.29, 1.82) is 0 Å². The summed E-state index contributed by atoms with van der Waals surface area (Å²) in [5, 5.41) is 17.4. The van der Waals surface area contributed by atoms with Gasteiger partial charge in [-0.05, 0) is 30.7 Å². The molecule has 0 unspecified atom stereocenters. The van der Waals surface area contributed by atoms with E-state index in [4.69, 9.17) is 11.6 Å². The largest absolute Gasteiger partial charge is 0.392 e. The maximum absolute atomic E-state index is 9.23. The van der Waals surface area contributed by atoms with Gasteiger partial charge in [-0.15, -0.1) is 0 Å². The summed E-state index contributed by atoms with van der Waals surface area (Å²) in [6.45, 7) is 2.54. The van der Waals surface area contributed by atoms with E-state index in [0.29, 0.717) is 11.7 Å². The van der Waals surface area contributed by atoms with E-state index in [1.54, 1.807) is 4.68 Å². The number of hydrogen-bond donors (Lipinski definition) is 2. The number of nitrogens with one attached hydrogen (secondary N) is 1. The van der Waals surface area contributed by atoms with E-state index in [2.05, 4.69) is 26.3 Å². The summed E-state index contributed by atoms with van der Waals surface area (Å²) in [7, 11) is 1.82. The van der Waals surface area contributed by atoms with E-state index in [0.717, 1.165) is 27.0 Å². The van der Waals surface area contributed by atoms with Gasteiger partial charge in [-0.2, -0.15) is 5.10 Å². The lowest BCUT2D eigenvalue weighted by Gasteiger charge is -2.09. The quantitative estimate of drug-likeness (QED) is 0.895. The van der Waals surface area contributed by atoms with Crippen LogP contribution in [-0.4, -0.2) is 14.9 Å². The summed E-state index contributed by atoms with van der Waals surface area (Å²) >= 11 is 9.57. The van der Waals surface area contributed by atoms with Gasteiger partial charge in [-0.25, -0.2) is 0 Å². The minimum absolute atomic E-state index is 0.00276. The van der Waals surface area contributed by atoms with Crippen LogP contribution < -0.4 is 5.32 Å². The molecule has 102 valence electrons. The topological polar surface area (TPSA) is 50.1 Å². The molecule has 6 heteroatoms. The Balaban J connectivity index is 2.14. The number of benzene rings is 1. The number of aryl methyl sites for hydroxylation is 2. The number of nitrogens with zero attached hydrogens (tertiary/aromatic N) is 2. The Morgan fingerprint density at radius 1 is 1.47 bits per heavy atom. The van der Waals surface area contributed by atoms with Crippen LogP contribution in [0.5, 0.6) is 0 Å². The van der Waals surface area contributed by atoms with E-state index < -0.39 is 0 Å². The van der Waals surface area contributed by atoms with Crippen molar-refractivity contribution in [2.75, 3.05) is 5.32 Å². The van der Waals surface area contributed by atoms with E-state index in [9.17, 15) is 5.11 Å². The number of aliphatic hydroxyl groups excluding tert-OH is 1. The van der Waals surface area contributed by atoms with Crippen LogP contribution in [0.15, 0.2) is 22.7 Å². The predicted octanol–water partition coefficient (Wildman–Crippen LogP) is 3.25. The van der Waals surface area contributed by atoms with Crippen molar-refractivity contribution >= 4 is 33.2 Å². The highest BCUT2D eigenvalue weighted by Crippen LogP contribution is 2.23. The van der Waals surface area contributed by atoms with E-state index in [1.165, 1.54) is 0 Å². The van der Waals surface area contributed by atoms with Crippen LogP contribution >= 0.6 is 27.5 Å². The highest BCUT2D eigenvalue weighted by molar-refractivity contribution is 9.10. The summed E-state index contributed by atoms with van der Waals surface area (Å²) in [5.74, 6) is 0. The molecule has 0 atom stereocenters. The van der Waals surface area contributed by atoms with Gasteiger partial charge in [-0.3, -0.25) is 4.68 Å². The molecular weight excluding hydrogens is 330 g/mol. The molecule has 19 heavy (non-hydrogen) atoms. The third kappa shape index (κ3) is 3.11. The molecule has 0 aliphatic rings. The molecule has 1 aromatic carbocycles. The number of hydrogen-bond acceptors (Lipinski definition) is 3. The van der Waals surface area contributed by atoms with Gasteiger partial charge < -0.3 is 10.4 Å². The summed E-state index contributed by atoms with van der Waals surface area (Å²) in [6.07, 6.45) is 0.